The zero-order valence-corrected chi connectivity index (χ0v) is 17.0. The molecule has 9 nitrogen and oxygen atoms in total. The molecule has 0 fully saturated rings. The summed E-state index contributed by atoms with van der Waals surface area (Å²) in [7, 11) is -3.44. The Labute approximate surface area is 176 Å². The summed E-state index contributed by atoms with van der Waals surface area (Å²) in [5.74, 6) is -2.66. The minimum atomic E-state index is -3.44. The lowest BCUT2D eigenvalue weighted by molar-refractivity contribution is -0.137. The number of hydrogen-bond donors (Lipinski definition) is 3. The number of halogens is 1. The van der Waals surface area contributed by atoms with Crippen molar-refractivity contribution >= 4 is 21.7 Å². The van der Waals surface area contributed by atoms with Crippen LogP contribution in [0, 0.1) is 5.82 Å². The number of carbonyl (C=O) groups excluding carboxylic acids is 1. The van der Waals surface area contributed by atoms with Gasteiger partial charge in [0, 0.05) is 12.3 Å². The fraction of sp³-hybridized carbons (Fsp3) is 0.150. The number of benzene rings is 2. The van der Waals surface area contributed by atoms with Gasteiger partial charge in [-0.3, -0.25) is 19.5 Å². The molecule has 1 amide bonds. The maximum Gasteiger partial charge on any atom is 0.305 e. The van der Waals surface area contributed by atoms with E-state index in [9.17, 15) is 32.3 Å². The zero-order chi connectivity index (χ0) is 22.8. The molecule has 3 rings (SSSR count). The number of sulfone groups is 1. The molecule has 0 spiro atoms. The molecule has 1 aromatic heterocycles. The molecule has 2 aromatic carbocycles. The quantitative estimate of drug-likeness (QED) is 0.504. The van der Waals surface area contributed by atoms with Crippen LogP contribution in [0.5, 0.6) is 0 Å². The first kappa shape index (κ1) is 22.0. The molecule has 0 radical (unpaired) electrons. The second-order valence-corrected chi connectivity index (χ2v) is 8.78. The monoisotopic (exact) mass is 447 g/mol. The molecule has 1 heterocycles. The van der Waals surface area contributed by atoms with Gasteiger partial charge in [-0.25, -0.2) is 17.5 Å². The van der Waals surface area contributed by atoms with E-state index in [2.05, 4.69) is 10.4 Å². The summed E-state index contributed by atoms with van der Waals surface area (Å²) in [5, 5.41) is 14.2. The summed E-state index contributed by atoms with van der Waals surface area (Å²) < 4.78 is 38.0. The summed E-state index contributed by atoms with van der Waals surface area (Å²) in [6, 6.07) is 10.9. The SMILES string of the molecule is CS(=O)(=O)c1ccc(C(CC(=O)O)NC(=O)c2cc(=O)n(-c3ccccc3F)[nH]2)cc1. The number of carboxylic acid groups (broad SMARTS) is 1. The summed E-state index contributed by atoms with van der Waals surface area (Å²) in [5.41, 5.74) is -0.594. The van der Waals surface area contributed by atoms with Crippen molar-refractivity contribution in [1.29, 1.82) is 0 Å². The molecule has 0 bridgehead atoms. The van der Waals surface area contributed by atoms with E-state index in [0.717, 1.165) is 23.1 Å². The Morgan fingerprint density at radius 1 is 1.16 bits per heavy atom. The van der Waals surface area contributed by atoms with Gasteiger partial charge in [0.2, 0.25) is 0 Å². The first-order valence-corrected chi connectivity index (χ1v) is 10.8. The highest BCUT2D eigenvalue weighted by Crippen LogP contribution is 2.20. The normalized spacial score (nSPS) is 12.3. The van der Waals surface area contributed by atoms with E-state index in [0.29, 0.717) is 5.56 Å². The number of aliphatic carboxylic acids is 1. The highest BCUT2D eigenvalue weighted by Gasteiger charge is 2.22. The number of aromatic amines is 1. The molecule has 0 saturated heterocycles. The second kappa shape index (κ2) is 8.56. The van der Waals surface area contributed by atoms with Gasteiger partial charge in [0.15, 0.2) is 9.84 Å². The van der Waals surface area contributed by atoms with Gasteiger partial charge in [-0.15, -0.1) is 0 Å². The van der Waals surface area contributed by atoms with Crippen molar-refractivity contribution in [3.63, 3.8) is 0 Å². The lowest BCUT2D eigenvalue weighted by Crippen LogP contribution is -2.30. The van der Waals surface area contributed by atoms with Crippen LogP contribution in [0.15, 0.2) is 64.3 Å². The maximum absolute atomic E-state index is 14.0. The third-order valence-corrected chi connectivity index (χ3v) is 5.58. The van der Waals surface area contributed by atoms with Crippen molar-refractivity contribution in [2.24, 2.45) is 0 Å². The van der Waals surface area contributed by atoms with Crippen LogP contribution in [0.3, 0.4) is 0 Å². The number of carbonyl (C=O) groups is 2. The van der Waals surface area contributed by atoms with Crippen molar-refractivity contribution < 1.29 is 27.5 Å². The molecule has 11 heteroatoms. The molecule has 31 heavy (non-hydrogen) atoms. The fourth-order valence-electron chi connectivity index (χ4n) is 2.93. The van der Waals surface area contributed by atoms with E-state index >= 15 is 0 Å². The Morgan fingerprint density at radius 3 is 2.39 bits per heavy atom. The molecule has 1 unspecified atom stereocenters. The van der Waals surface area contributed by atoms with Crippen LogP contribution in [-0.2, 0) is 14.6 Å². The van der Waals surface area contributed by atoms with Gasteiger partial charge in [-0.2, -0.15) is 0 Å². The molecule has 162 valence electrons. The number of hydrogen-bond acceptors (Lipinski definition) is 5. The molecule has 3 N–H and O–H groups in total. The van der Waals surface area contributed by atoms with Crippen LogP contribution in [-0.4, -0.2) is 41.4 Å². The second-order valence-electron chi connectivity index (χ2n) is 6.76. The van der Waals surface area contributed by atoms with Crippen molar-refractivity contribution in [2.45, 2.75) is 17.4 Å². The molecule has 0 aliphatic rings. The molecule has 0 aliphatic heterocycles. The molecule has 1 atom stereocenters. The van der Waals surface area contributed by atoms with Gasteiger partial charge in [-0.1, -0.05) is 24.3 Å². The minimum Gasteiger partial charge on any atom is -0.481 e. The summed E-state index contributed by atoms with van der Waals surface area (Å²) >= 11 is 0. The fourth-order valence-corrected chi connectivity index (χ4v) is 3.56. The van der Waals surface area contributed by atoms with Gasteiger partial charge < -0.3 is 10.4 Å². The third-order valence-electron chi connectivity index (χ3n) is 4.45. The van der Waals surface area contributed by atoms with E-state index in [1.165, 1.54) is 42.5 Å². The maximum atomic E-state index is 14.0. The van der Waals surface area contributed by atoms with Gasteiger partial charge >= 0.3 is 5.97 Å². The van der Waals surface area contributed by atoms with E-state index in [4.69, 9.17) is 0 Å². The smallest absolute Gasteiger partial charge is 0.305 e. The molecular weight excluding hydrogens is 429 g/mol. The summed E-state index contributed by atoms with van der Waals surface area (Å²) in [6.45, 7) is 0. The predicted octanol–water partition coefficient (Wildman–Crippen LogP) is 1.65. The number of H-pyrrole nitrogens is 1. The Morgan fingerprint density at radius 2 is 1.81 bits per heavy atom. The van der Waals surface area contributed by atoms with Crippen LogP contribution in [0.4, 0.5) is 4.39 Å². The van der Waals surface area contributed by atoms with E-state index in [1.54, 1.807) is 0 Å². The third kappa shape index (κ3) is 5.07. The average molecular weight is 447 g/mol. The standard InChI is InChI=1S/C20H18FN3O6S/c1-31(29,30)13-8-6-12(7-9-13)15(11-19(26)27)22-20(28)16-10-18(25)24(23-16)17-5-3-2-4-14(17)21/h2-10,15,23H,11H2,1H3,(H,22,28)(H,26,27). The molecule has 0 saturated carbocycles. The summed E-state index contributed by atoms with van der Waals surface area (Å²) in [6.07, 6.45) is 0.553. The van der Waals surface area contributed by atoms with E-state index < -0.39 is 45.6 Å². The number of para-hydroxylation sites is 1. The highest BCUT2D eigenvalue weighted by atomic mass is 32.2. The Hall–Kier alpha value is -3.73. The van der Waals surface area contributed by atoms with E-state index in [1.807, 2.05) is 0 Å². The Bertz CT molecular complexity index is 1290. The van der Waals surface area contributed by atoms with Crippen LogP contribution >= 0.6 is 0 Å². The largest absolute Gasteiger partial charge is 0.481 e. The number of nitrogens with zero attached hydrogens (tertiary/aromatic N) is 1. The van der Waals surface area contributed by atoms with Gasteiger partial charge in [0.05, 0.1) is 17.4 Å². The lowest BCUT2D eigenvalue weighted by Gasteiger charge is -2.17. The Balaban J connectivity index is 1.88. The number of carboxylic acids is 1. The van der Waals surface area contributed by atoms with Crippen molar-refractivity contribution in [3.8, 4) is 5.69 Å². The van der Waals surface area contributed by atoms with Crippen LogP contribution in [0.25, 0.3) is 5.69 Å². The first-order valence-electron chi connectivity index (χ1n) is 8.96. The highest BCUT2D eigenvalue weighted by molar-refractivity contribution is 7.90. The number of rotatable bonds is 7. The molecular formula is C20H18FN3O6S. The summed E-state index contributed by atoms with van der Waals surface area (Å²) in [4.78, 5) is 36.1. The van der Waals surface area contributed by atoms with Gasteiger partial charge in [-0.05, 0) is 29.8 Å². The van der Waals surface area contributed by atoms with Gasteiger partial charge in [0.1, 0.15) is 17.2 Å². The topological polar surface area (TPSA) is 138 Å². The van der Waals surface area contributed by atoms with Crippen LogP contribution < -0.4 is 10.9 Å². The predicted molar refractivity (Wildman–Crippen MR) is 108 cm³/mol. The van der Waals surface area contributed by atoms with E-state index in [-0.39, 0.29) is 16.3 Å². The molecule has 0 aliphatic carbocycles. The number of amides is 1. The lowest BCUT2D eigenvalue weighted by atomic mass is 10.0. The Kier molecular flexibility index (Phi) is 6.07. The zero-order valence-electron chi connectivity index (χ0n) is 16.2. The number of aromatic nitrogens is 2. The first-order chi connectivity index (χ1) is 14.6. The number of nitrogens with one attached hydrogen (secondary N) is 2. The average Bonchev–Trinajstić information content (AvgIpc) is 3.08. The van der Waals surface area contributed by atoms with Crippen LogP contribution in [0.1, 0.15) is 28.5 Å². The van der Waals surface area contributed by atoms with Crippen LogP contribution in [0.2, 0.25) is 0 Å². The van der Waals surface area contributed by atoms with Crippen molar-refractivity contribution in [1.82, 2.24) is 15.1 Å². The molecule has 3 aromatic rings. The van der Waals surface area contributed by atoms with Crippen molar-refractivity contribution in [2.75, 3.05) is 6.26 Å². The minimum absolute atomic E-state index is 0.0444. The van der Waals surface area contributed by atoms with Crippen molar-refractivity contribution in [3.05, 3.63) is 82.0 Å². The van der Waals surface area contributed by atoms with Gasteiger partial charge in [0.25, 0.3) is 11.5 Å².